The van der Waals surface area contributed by atoms with Gasteiger partial charge in [-0.3, -0.25) is 9.48 Å². The van der Waals surface area contributed by atoms with Crippen LogP contribution in [-0.4, -0.2) is 15.7 Å². The fourth-order valence-corrected chi connectivity index (χ4v) is 3.58. The minimum Gasteiger partial charge on any atom is -0.346 e. The molecule has 1 atom stereocenters. The Hall–Kier alpha value is -2.88. The van der Waals surface area contributed by atoms with Crippen molar-refractivity contribution in [3.63, 3.8) is 0 Å². The molecule has 0 saturated heterocycles. The first-order valence-electron chi connectivity index (χ1n) is 9.73. The van der Waals surface area contributed by atoms with Crippen molar-refractivity contribution in [1.29, 1.82) is 0 Å². The van der Waals surface area contributed by atoms with E-state index in [0.717, 1.165) is 22.5 Å². The largest absolute Gasteiger partial charge is 0.346 e. The van der Waals surface area contributed by atoms with Crippen LogP contribution in [0.3, 0.4) is 0 Å². The molecule has 0 aliphatic rings. The summed E-state index contributed by atoms with van der Waals surface area (Å²) in [4.78, 5) is 12.7. The Morgan fingerprint density at radius 3 is 2.21 bits per heavy atom. The zero-order chi connectivity index (χ0) is 20.4. The predicted octanol–water partition coefficient (Wildman–Crippen LogP) is 4.96. The predicted molar refractivity (Wildman–Crippen MR) is 114 cm³/mol. The molecule has 0 radical (unpaired) electrons. The number of hydrogen-bond acceptors (Lipinski definition) is 2. The number of nitrogens with zero attached hydrogens (tertiary/aromatic N) is 2. The number of hydrogen-bond donors (Lipinski definition) is 1. The highest BCUT2D eigenvalue weighted by Gasteiger charge is 2.14. The van der Waals surface area contributed by atoms with Crippen molar-refractivity contribution in [2.45, 2.75) is 54.1 Å². The molecule has 0 aliphatic carbocycles. The molecule has 0 fully saturated rings. The molecule has 0 bridgehead atoms. The minimum atomic E-state index is -0.0530. The lowest BCUT2D eigenvalue weighted by Gasteiger charge is -2.18. The molecule has 0 spiro atoms. The molecule has 28 heavy (non-hydrogen) atoms. The average molecular weight is 376 g/mol. The summed E-state index contributed by atoms with van der Waals surface area (Å²) in [7, 11) is 0. The second kappa shape index (κ2) is 8.01. The van der Waals surface area contributed by atoms with Crippen LogP contribution in [0.4, 0.5) is 0 Å². The summed E-state index contributed by atoms with van der Waals surface area (Å²) in [6.45, 7) is 13.1. The summed E-state index contributed by atoms with van der Waals surface area (Å²) in [5.41, 5.74) is 8.84. The Morgan fingerprint density at radius 2 is 1.61 bits per heavy atom. The van der Waals surface area contributed by atoms with Gasteiger partial charge in [0.15, 0.2) is 0 Å². The minimum absolute atomic E-state index is 0.0406. The van der Waals surface area contributed by atoms with E-state index in [4.69, 9.17) is 0 Å². The van der Waals surface area contributed by atoms with Gasteiger partial charge in [0.05, 0.1) is 18.3 Å². The summed E-state index contributed by atoms with van der Waals surface area (Å²) in [5.74, 6) is -0.0530. The third-order valence-electron chi connectivity index (χ3n) is 5.35. The summed E-state index contributed by atoms with van der Waals surface area (Å²) in [5, 5.41) is 7.62. The van der Waals surface area contributed by atoms with Crippen molar-refractivity contribution in [3.05, 3.63) is 87.2 Å². The molecule has 1 N–H and O–H groups in total. The third kappa shape index (κ3) is 4.33. The van der Waals surface area contributed by atoms with Gasteiger partial charge in [-0.25, -0.2) is 0 Å². The number of carbonyl (C=O) groups excluding carboxylic acids is 1. The van der Waals surface area contributed by atoms with Crippen LogP contribution in [0.1, 0.15) is 62.5 Å². The van der Waals surface area contributed by atoms with Gasteiger partial charge in [-0.1, -0.05) is 24.3 Å². The zero-order valence-corrected chi connectivity index (χ0v) is 17.6. The SMILES string of the molecule is Cc1cc(C)n(Cc2ccc(C(=O)N[C@H](C)c3cc(C)c(C)cc3C)cc2)n1. The van der Waals surface area contributed by atoms with Crippen molar-refractivity contribution < 1.29 is 4.79 Å². The van der Waals surface area contributed by atoms with Crippen LogP contribution in [0.5, 0.6) is 0 Å². The van der Waals surface area contributed by atoms with E-state index in [9.17, 15) is 4.79 Å². The first-order chi connectivity index (χ1) is 13.2. The first-order valence-corrected chi connectivity index (χ1v) is 9.73. The maximum Gasteiger partial charge on any atom is 0.251 e. The normalized spacial score (nSPS) is 12.1. The van der Waals surface area contributed by atoms with Crippen molar-refractivity contribution in [2.75, 3.05) is 0 Å². The molecule has 1 amide bonds. The van der Waals surface area contributed by atoms with Gasteiger partial charge in [0, 0.05) is 11.3 Å². The maximum atomic E-state index is 12.7. The molecule has 3 aromatic rings. The van der Waals surface area contributed by atoms with Gasteiger partial charge < -0.3 is 5.32 Å². The van der Waals surface area contributed by atoms with E-state index in [2.05, 4.69) is 56.3 Å². The molecule has 0 aliphatic heterocycles. The lowest BCUT2D eigenvalue weighted by Crippen LogP contribution is -2.27. The summed E-state index contributed by atoms with van der Waals surface area (Å²) in [6.07, 6.45) is 0. The van der Waals surface area contributed by atoms with Gasteiger partial charge in [0.2, 0.25) is 0 Å². The van der Waals surface area contributed by atoms with Crippen LogP contribution in [0.15, 0.2) is 42.5 Å². The van der Waals surface area contributed by atoms with Gasteiger partial charge in [0.1, 0.15) is 0 Å². The Balaban J connectivity index is 1.69. The first kappa shape index (κ1) is 19.9. The maximum absolute atomic E-state index is 12.7. The molecule has 4 nitrogen and oxygen atoms in total. The quantitative estimate of drug-likeness (QED) is 0.685. The molecule has 4 heteroatoms. The van der Waals surface area contributed by atoms with E-state index >= 15 is 0 Å². The van der Waals surface area contributed by atoms with E-state index in [1.54, 1.807) is 0 Å². The Morgan fingerprint density at radius 1 is 0.964 bits per heavy atom. The van der Waals surface area contributed by atoms with Crippen molar-refractivity contribution in [1.82, 2.24) is 15.1 Å². The van der Waals surface area contributed by atoms with Crippen LogP contribution >= 0.6 is 0 Å². The molecule has 3 rings (SSSR count). The van der Waals surface area contributed by atoms with Gasteiger partial charge in [-0.05, 0) is 87.6 Å². The van der Waals surface area contributed by atoms with Crippen LogP contribution in [0, 0.1) is 34.6 Å². The van der Waals surface area contributed by atoms with E-state index in [-0.39, 0.29) is 11.9 Å². The standard InChI is InChI=1S/C24H29N3O/c1-15-11-17(3)23(12-16(15)2)20(6)25-24(28)22-9-7-21(8-10-22)14-27-19(5)13-18(4)26-27/h7-13,20H,14H2,1-6H3,(H,25,28)/t20-/m1/s1. The highest BCUT2D eigenvalue weighted by molar-refractivity contribution is 5.94. The summed E-state index contributed by atoms with van der Waals surface area (Å²) in [6, 6.07) is 14.1. The molecule has 146 valence electrons. The van der Waals surface area contributed by atoms with E-state index in [0.29, 0.717) is 12.1 Å². The molecule has 2 aromatic carbocycles. The molecule has 0 saturated carbocycles. The van der Waals surface area contributed by atoms with Crippen molar-refractivity contribution in [3.8, 4) is 0 Å². The highest BCUT2D eigenvalue weighted by atomic mass is 16.1. The number of benzene rings is 2. The number of amides is 1. The van der Waals surface area contributed by atoms with Crippen LogP contribution in [0.25, 0.3) is 0 Å². The van der Waals surface area contributed by atoms with Gasteiger partial charge in [0.25, 0.3) is 5.91 Å². The fourth-order valence-electron chi connectivity index (χ4n) is 3.58. The average Bonchev–Trinajstić information content (AvgIpc) is 2.95. The Labute approximate surface area is 167 Å². The summed E-state index contributed by atoms with van der Waals surface area (Å²) < 4.78 is 1.98. The lowest BCUT2D eigenvalue weighted by molar-refractivity contribution is 0.0940. The smallest absolute Gasteiger partial charge is 0.251 e. The molecular weight excluding hydrogens is 346 g/mol. The second-order valence-electron chi connectivity index (χ2n) is 7.77. The summed E-state index contributed by atoms with van der Waals surface area (Å²) >= 11 is 0. The number of nitrogens with one attached hydrogen (secondary N) is 1. The number of rotatable bonds is 5. The number of carbonyl (C=O) groups is 1. The van der Waals surface area contributed by atoms with E-state index in [1.165, 1.54) is 16.7 Å². The van der Waals surface area contributed by atoms with Crippen LogP contribution in [0.2, 0.25) is 0 Å². The fraction of sp³-hybridized carbons (Fsp3) is 0.333. The lowest BCUT2D eigenvalue weighted by atomic mass is 9.96. The molecule has 1 heterocycles. The van der Waals surface area contributed by atoms with Gasteiger partial charge in [-0.15, -0.1) is 0 Å². The zero-order valence-electron chi connectivity index (χ0n) is 17.6. The topological polar surface area (TPSA) is 46.9 Å². The van der Waals surface area contributed by atoms with Gasteiger partial charge >= 0.3 is 0 Å². The van der Waals surface area contributed by atoms with Crippen molar-refractivity contribution >= 4 is 5.91 Å². The highest BCUT2D eigenvalue weighted by Crippen LogP contribution is 2.22. The monoisotopic (exact) mass is 375 g/mol. The van der Waals surface area contributed by atoms with Crippen LogP contribution in [-0.2, 0) is 6.54 Å². The number of aryl methyl sites for hydroxylation is 5. The third-order valence-corrected chi connectivity index (χ3v) is 5.35. The van der Waals surface area contributed by atoms with Gasteiger partial charge in [-0.2, -0.15) is 5.10 Å². The second-order valence-corrected chi connectivity index (χ2v) is 7.77. The Bertz CT molecular complexity index is 999. The van der Waals surface area contributed by atoms with E-state index < -0.39 is 0 Å². The molecular formula is C24H29N3O. The Kier molecular flexibility index (Phi) is 5.68. The van der Waals surface area contributed by atoms with E-state index in [1.807, 2.05) is 42.8 Å². The molecule has 1 aromatic heterocycles. The van der Waals surface area contributed by atoms with Crippen LogP contribution < -0.4 is 5.32 Å². The molecule has 0 unspecified atom stereocenters. The van der Waals surface area contributed by atoms with Crippen molar-refractivity contribution in [2.24, 2.45) is 0 Å². The number of aromatic nitrogens is 2.